The average molecular weight is 260 g/mol. The molecule has 0 bridgehead atoms. The normalized spacial score (nSPS) is 23.0. The molecule has 2 aliphatic rings. The van der Waals surface area contributed by atoms with Crippen molar-refractivity contribution in [3.8, 4) is 0 Å². The maximum Gasteiger partial charge on any atom is 0.144 e. The number of nitrogen functional groups attached to an aromatic ring is 1. The van der Waals surface area contributed by atoms with Crippen molar-refractivity contribution in [2.75, 3.05) is 18.8 Å². The number of likely N-dealkylation sites (tertiary alicyclic amines) is 1. The summed E-state index contributed by atoms with van der Waals surface area (Å²) in [5.74, 6) is 1.46. The molecule has 4 nitrogen and oxygen atoms in total. The summed E-state index contributed by atoms with van der Waals surface area (Å²) < 4.78 is 0. The number of nitrogens with two attached hydrogens (primary N) is 1. The van der Waals surface area contributed by atoms with Gasteiger partial charge in [-0.1, -0.05) is 12.8 Å². The largest absolute Gasteiger partial charge is 0.384 e. The second-order valence-corrected chi connectivity index (χ2v) is 6.33. The van der Waals surface area contributed by atoms with Crippen LogP contribution in [-0.2, 0) is 6.54 Å². The predicted molar refractivity (Wildman–Crippen MR) is 76.6 cm³/mol. The summed E-state index contributed by atoms with van der Waals surface area (Å²) in [6, 6.07) is 1.83. The highest BCUT2D eigenvalue weighted by atomic mass is 15.2. The van der Waals surface area contributed by atoms with Crippen molar-refractivity contribution in [3.63, 3.8) is 0 Å². The molecule has 2 N–H and O–H groups in total. The Labute approximate surface area is 115 Å². The first-order valence-electron chi connectivity index (χ1n) is 7.48. The third-order valence-corrected chi connectivity index (χ3v) is 4.87. The van der Waals surface area contributed by atoms with Gasteiger partial charge in [-0.25, -0.2) is 9.97 Å². The molecule has 1 aromatic heterocycles. The van der Waals surface area contributed by atoms with Gasteiger partial charge in [-0.2, -0.15) is 0 Å². The standard InChI is InChI=1S/C15H24N4/c1-12-10-13(16)18-14(17-12)11-19-8-6-15(7-9-19)4-2-3-5-15/h10H,2-9,11H2,1H3,(H2,16,17,18). The van der Waals surface area contributed by atoms with E-state index in [9.17, 15) is 0 Å². The van der Waals surface area contributed by atoms with Gasteiger partial charge in [0.15, 0.2) is 0 Å². The molecule has 4 heteroatoms. The number of piperidine rings is 1. The molecular weight excluding hydrogens is 236 g/mol. The van der Waals surface area contributed by atoms with E-state index in [0.29, 0.717) is 11.2 Å². The number of hydrogen-bond acceptors (Lipinski definition) is 4. The van der Waals surface area contributed by atoms with E-state index in [2.05, 4.69) is 14.9 Å². The van der Waals surface area contributed by atoms with Crippen molar-refractivity contribution in [2.45, 2.75) is 52.0 Å². The second kappa shape index (κ2) is 5.08. The van der Waals surface area contributed by atoms with Gasteiger partial charge in [0.1, 0.15) is 11.6 Å². The second-order valence-electron chi connectivity index (χ2n) is 6.33. The lowest BCUT2D eigenvalue weighted by atomic mass is 9.77. The van der Waals surface area contributed by atoms with Crippen LogP contribution in [0.2, 0.25) is 0 Å². The van der Waals surface area contributed by atoms with Crippen molar-refractivity contribution < 1.29 is 0 Å². The molecule has 0 atom stereocenters. The van der Waals surface area contributed by atoms with Gasteiger partial charge in [0.2, 0.25) is 0 Å². The third-order valence-electron chi connectivity index (χ3n) is 4.87. The summed E-state index contributed by atoms with van der Waals surface area (Å²) in [6.45, 7) is 5.21. The molecule has 0 radical (unpaired) electrons. The molecule has 104 valence electrons. The molecule has 2 heterocycles. The molecule has 1 spiro atoms. The quantitative estimate of drug-likeness (QED) is 0.887. The van der Waals surface area contributed by atoms with Crippen LogP contribution in [-0.4, -0.2) is 28.0 Å². The zero-order valence-corrected chi connectivity index (χ0v) is 11.9. The van der Waals surface area contributed by atoms with Crippen LogP contribution in [0.3, 0.4) is 0 Å². The molecule has 1 aromatic rings. The summed E-state index contributed by atoms with van der Waals surface area (Å²) >= 11 is 0. The zero-order valence-electron chi connectivity index (χ0n) is 11.9. The third kappa shape index (κ3) is 2.89. The minimum atomic E-state index is 0.590. The Morgan fingerprint density at radius 1 is 1.16 bits per heavy atom. The fourth-order valence-corrected chi connectivity index (χ4v) is 3.74. The SMILES string of the molecule is Cc1cc(N)nc(CN2CCC3(CCCC3)CC2)n1. The van der Waals surface area contributed by atoms with E-state index in [-0.39, 0.29) is 0 Å². The van der Waals surface area contributed by atoms with Gasteiger partial charge >= 0.3 is 0 Å². The Bertz CT molecular complexity index is 421. The highest BCUT2D eigenvalue weighted by molar-refractivity contribution is 5.29. The molecule has 3 rings (SSSR count). The summed E-state index contributed by atoms with van der Waals surface area (Å²) in [4.78, 5) is 11.3. The lowest BCUT2D eigenvalue weighted by Crippen LogP contribution is -2.38. The molecule has 1 aliphatic heterocycles. The van der Waals surface area contributed by atoms with Crippen molar-refractivity contribution in [3.05, 3.63) is 17.6 Å². The number of aryl methyl sites for hydroxylation is 1. The number of aromatic nitrogens is 2. The molecular formula is C15H24N4. The van der Waals surface area contributed by atoms with Crippen LogP contribution in [0.1, 0.15) is 50.0 Å². The van der Waals surface area contributed by atoms with Gasteiger partial charge in [0.05, 0.1) is 6.54 Å². The summed E-state index contributed by atoms with van der Waals surface area (Å²) in [7, 11) is 0. The Kier molecular flexibility index (Phi) is 3.44. The van der Waals surface area contributed by atoms with Crippen molar-refractivity contribution >= 4 is 5.82 Å². The van der Waals surface area contributed by atoms with Gasteiger partial charge in [-0.15, -0.1) is 0 Å². The fraction of sp³-hybridized carbons (Fsp3) is 0.733. The molecule has 0 amide bonds. The van der Waals surface area contributed by atoms with Crippen LogP contribution in [0, 0.1) is 12.3 Å². The highest BCUT2D eigenvalue weighted by Gasteiger charge is 2.36. The van der Waals surface area contributed by atoms with Crippen molar-refractivity contribution in [1.82, 2.24) is 14.9 Å². The topological polar surface area (TPSA) is 55.0 Å². The van der Waals surface area contributed by atoms with Crippen molar-refractivity contribution in [2.24, 2.45) is 5.41 Å². The van der Waals surface area contributed by atoms with Crippen LogP contribution in [0.15, 0.2) is 6.07 Å². The smallest absolute Gasteiger partial charge is 0.144 e. The molecule has 2 fully saturated rings. The minimum Gasteiger partial charge on any atom is -0.384 e. The zero-order chi connectivity index (χ0) is 13.3. The van der Waals surface area contributed by atoms with Crippen LogP contribution in [0.25, 0.3) is 0 Å². The Balaban J connectivity index is 1.59. The highest BCUT2D eigenvalue weighted by Crippen LogP contribution is 2.46. The van der Waals surface area contributed by atoms with Crippen molar-refractivity contribution in [1.29, 1.82) is 0 Å². The van der Waals surface area contributed by atoms with Crippen LogP contribution >= 0.6 is 0 Å². The fourth-order valence-electron chi connectivity index (χ4n) is 3.74. The lowest BCUT2D eigenvalue weighted by Gasteiger charge is -2.39. The van der Waals surface area contributed by atoms with Gasteiger partial charge in [-0.05, 0) is 51.1 Å². The first-order chi connectivity index (χ1) is 9.15. The molecule has 1 aliphatic carbocycles. The Morgan fingerprint density at radius 2 is 1.84 bits per heavy atom. The van der Waals surface area contributed by atoms with E-state index < -0.39 is 0 Å². The number of rotatable bonds is 2. The van der Waals surface area contributed by atoms with Gasteiger partial charge in [0.25, 0.3) is 0 Å². The minimum absolute atomic E-state index is 0.590. The van der Waals surface area contributed by atoms with E-state index in [1.165, 1.54) is 51.6 Å². The van der Waals surface area contributed by atoms with E-state index in [1.807, 2.05) is 13.0 Å². The van der Waals surface area contributed by atoms with E-state index in [4.69, 9.17) is 5.73 Å². The van der Waals surface area contributed by atoms with Crippen LogP contribution in [0.4, 0.5) is 5.82 Å². The molecule has 1 saturated heterocycles. The summed E-state index contributed by atoms with van der Waals surface area (Å²) in [5.41, 5.74) is 7.44. The first kappa shape index (κ1) is 12.9. The molecule has 19 heavy (non-hydrogen) atoms. The monoisotopic (exact) mass is 260 g/mol. The average Bonchev–Trinajstić information content (AvgIpc) is 2.80. The molecule has 1 saturated carbocycles. The summed E-state index contributed by atoms with van der Waals surface area (Å²) in [5, 5.41) is 0. The molecule has 0 aromatic carbocycles. The van der Waals surface area contributed by atoms with Gasteiger partial charge < -0.3 is 5.73 Å². The lowest BCUT2D eigenvalue weighted by molar-refractivity contribution is 0.102. The molecule has 0 unspecified atom stereocenters. The van der Waals surface area contributed by atoms with E-state index >= 15 is 0 Å². The summed E-state index contributed by atoms with van der Waals surface area (Å²) in [6.07, 6.45) is 8.50. The maximum absolute atomic E-state index is 5.79. The maximum atomic E-state index is 5.79. The van der Waals surface area contributed by atoms with Crippen LogP contribution < -0.4 is 5.73 Å². The number of anilines is 1. The van der Waals surface area contributed by atoms with E-state index in [0.717, 1.165) is 18.1 Å². The Morgan fingerprint density at radius 3 is 2.47 bits per heavy atom. The number of nitrogens with zero attached hydrogens (tertiary/aromatic N) is 3. The predicted octanol–water partition coefficient (Wildman–Crippen LogP) is 2.52. The van der Waals surface area contributed by atoms with Gasteiger partial charge in [0, 0.05) is 11.8 Å². The Hall–Kier alpha value is -1.16. The number of hydrogen-bond donors (Lipinski definition) is 1. The van der Waals surface area contributed by atoms with E-state index in [1.54, 1.807) is 0 Å². The van der Waals surface area contributed by atoms with Crippen LogP contribution in [0.5, 0.6) is 0 Å². The van der Waals surface area contributed by atoms with Gasteiger partial charge in [-0.3, -0.25) is 4.90 Å². The first-order valence-corrected chi connectivity index (χ1v) is 7.48.